The molecular formula is C18H15ClN2O3. The summed E-state index contributed by atoms with van der Waals surface area (Å²) >= 11 is 5.92. The zero-order chi connectivity index (χ0) is 17.3. The fourth-order valence-corrected chi connectivity index (χ4v) is 2.83. The molecule has 0 aliphatic carbocycles. The first kappa shape index (κ1) is 16.2. The summed E-state index contributed by atoms with van der Waals surface area (Å²) in [4.78, 5) is 37.1. The number of amides is 3. The summed E-state index contributed by atoms with van der Waals surface area (Å²) in [5.74, 6) is -1.01. The van der Waals surface area contributed by atoms with Gasteiger partial charge in [-0.2, -0.15) is 0 Å². The first-order chi connectivity index (χ1) is 11.5. The molecule has 3 rings (SSSR count). The minimum Gasteiger partial charge on any atom is -0.352 e. The molecule has 0 bridgehead atoms. The summed E-state index contributed by atoms with van der Waals surface area (Å²) in [6.45, 7) is 0.447. The van der Waals surface area contributed by atoms with E-state index in [2.05, 4.69) is 5.32 Å². The number of halogens is 1. The number of nitrogens with zero attached hydrogens (tertiary/aromatic N) is 1. The average Bonchev–Trinajstić information content (AvgIpc) is 2.79. The van der Waals surface area contributed by atoms with Gasteiger partial charge < -0.3 is 5.32 Å². The van der Waals surface area contributed by atoms with Crippen LogP contribution in [-0.4, -0.2) is 36.2 Å². The number of carbonyl (C=O) groups excluding carboxylic acids is 3. The molecule has 122 valence electrons. The van der Waals surface area contributed by atoms with Crippen molar-refractivity contribution in [1.82, 2.24) is 10.2 Å². The Morgan fingerprint density at radius 1 is 1.08 bits per heavy atom. The summed E-state index contributed by atoms with van der Waals surface area (Å²) in [5.41, 5.74) is 1.98. The third kappa shape index (κ3) is 3.03. The summed E-state index contributed by atoms with van der Waals surface area (Å²) in [7, 11) is 1.43. The van der Waals surface area contributed by atoms with Crippen LogP contribution in [0.1, 0.15) is 36.6 Å². The topological polar surface area (TPSA) is 66.5 Å². The number of imide groups is 1. The molecule has 0 atom stereocenters. The van der Waals surface area contributed by atoms with Gasteiger partial charge in [0.05, 0.1) is 11.1 Å². The van der Waals surface area contributed by atoms with E-state index in [9.17, 15) is 14.4 Å². The van der Waals surface area contributed by atoms with Gasteiger partial charge in [-0.3, -0.25) is 19.3 Å². The van der Waals surface area contributed by atoms with Crippen molar-refractivity contribution < 1.29 is 14.4 Å². The van der Waals surface area contributed by atoms with E-state index in [0.29, 0.717) is 29.1 Å². The number of carbonyl (C=O) groups is 3. The molecule has 1 N–H and O–H groups in total. The van der Waals surface area contributed by atoms with Gasteiger partial charge in [-0.1, -0.05) is 23.7 Å². The summed E-state index contributed by atoms with van der Waals surface area (Å²) in [6, 6.07) is 12.0. The van der Waals surface area contributed by atoms with Crippen LogP contribution in [0.3, 0.4) is 0 Å². The minimum absolute atomic E-state index is 0.269. The molecule has 0 radical (unpaired) electrons. The predicted molar refractivity (Wildman–Crippen MR) is 90.4 cm³/mol. The molecular weight excluding hydrogens is 328 g/mol. The van der Waals surface area contributed by atoms with Crippen molar-refractivity contribution in [2.75, 3.05) is 13.6 Å². The molecule has 0 aromatic heterocycles. The van der Waals surface area contributed by atoms with E-state index >= 15 is 0 Å². The van der Waals surface area contributed by atoms with Crippen molar-refractivity contribution in [1.29, 1.82) is 0 Å². The lowest BCUT2D eigenvalue weighted by atomic mass is 10.1. The number of benzene rings is 2. The lowest BCUT2D eigenvalue weighted by Gasteiger charge is -2.06. The van der Waals surface area contributed by atoms with Crippen LogP contribution in [0.2, 0.25) is 5.02 Å². The molecule has 0 fully saturated rings. The average molecular weight is 343 g/mol. The number of hydrogen-bond acceptors (Lipinski definition) is 3. The van der Waals surface area contributed by atoms with E-state index in [0.717, 1.165) is 10.5 Å². The highest BCUT2D eigenvalue weighted by molar-refractivity contribution is 6.30. The maximum absolute atomic E-state index is 12.2. The van der Waals surface area contributed by atoms with Crippen LogP contribution in [0.4, 0.5) is 0 Å². The van der Waals surface area contributed by atoms with E-state index in [1.165, 1.54) is 19.2 Å². The lowest BCUT2D eigenvalue weighted by molar-refractivity contribution is 0.0693. The number of nitrogens with one attached hydrogen (secondary N) is 1. The van der Waals surface area contributed by atoms with E-state index in [-0.39, 0.29) is 23.3 Å². The monoisotopic (exact) mass is 342 g/mol. The summed E-state index contributed by atoms with van der Waals surface area (Å²) in [6.07, 6.45) is 0.650. The molecule has 5 nitrogen and oxygen atoms in total. The second kappa shape index (κ2) is 6.45. The van der Waals surface area contributed by atoms with Crippen LogP contribution in [0.5, 0.6) is 0 Å². The van der Waals surface area contributed by atoms with Crippen LogP contribution in [0.15, 0.2) is 42.5 Å². The molecule has 24 heavy (non-hydrogen) atoms. The van der Waals surface area contributed by atoms with Gasteiger partial charge in [0.15, 0.2) is 0 Å². The Morgan fingerprint density at radius 3 is 2.58 bits per heavy atom. The second-order valence-corrected chi connectivity index (χ2v) is 6.00. The summed E-state index contributed by atoms with van der Waals surface area (Å²) < 4.78 is 0. The minimum atomic E-state index is -0.386. The fraction of sp³-hybridized carbons (Fsp3) is 0.167. The van der Waals surface area contributed by atoms with Gasteiger partial charge in [-0.05, 0) is 42.3 Å². The molecule has 2 aromatic carbocycles. The molecule has 6 heteroatoms. The molecule has 1 aliphatic heterocycles. The van der Waals surface area contributed by atoms with Crippen LogP contribution in [0.25, 0.3) is 0 Å². The number of rotatable bonds is 4. The summed E-state index contributed by atoms with van der Waals surface area (Å²) in [5, 5.41) is 3.46. The Labute approximate surface area is 144 Å². The lowest BCUT2D eigenvalue weighted by Crippen LogP contribution is -2.26. The quantitative estimate of drug-likeness (QED) is 0.868. The van der Waals surface area contributed by atoms with E-state index in [1.54, 1.807) is 12.1 Å². The molecule has 1 aliphatic rings. The highest BCUT2D eigenvalue weighted by Crippen LogP contribution is 2.22. The van der Waals surface area contributed by atoms with Crippen molar-refractivity contribution >= 4 is 29.3 Å². The molecule has 0 spiro atoms. The molecule has 0 saturated heterocycles. The SMILES string of the molecule is CN1C(=O)c2ccc(C(=O)NCCc3cccc(Cl)c3)cc2C1=O. The van der Waals surface area contributed by atoms with Crippen LogP contribution >= 0.6 is 11.6 Å². The van der Waals surface area contributed by atoms with E-state index in [1.807, 2.05) is 18.2 Å². The Hall–Kier alpha value is -2.66. The first-order valence-electron chi connectivity index (χ1n) is 7.46. The van der Waals surface area contributed by atoms with Gasteiger partial charge in [-0.25, -0.2) is 0 Å². The van der Waals surface area contributed by atoms with Gasteiger partial charge in [0, 0.05) is 24.2 Å². The zero-order valence-electron chi connectivity index (χ0n) is 13.0. The van der Waals surface area contributed by atoms with Crippen molar-refractivity contribution in [3.05, 3.63) is 69.7 Å². The van der Waals surface area contributed by atoms with Gasteiger partial charge >= 0.3 is 0 Å². The van der Waals surface area contributed by atoms with E-state index < -0.39 is 0 Å². The van der Waals surface area contributed by atoms with Gasteiger partial charge in [0.2, 0.25) is 0 Å². The first-order valence-corrected chi connectivity index (χ1v) is 7.84. The molecule has 2 aromatic rings. The Kier molecular flexibility index (Phi) is 4.36. The smallest absolute Gasteiger partial charge is 0.261 e. The zero-order valence-corrected chi connectivity index (χ0v) is 13.8. The highest BCUT2D eigenvalue weighted by atomic mass is 35.5. The number of fused-ring (bicyclic) bond motifs is 1. The molecule has 3 amide bonds. The van der Waals surface area contributed by atoms with Crippen LogP contribution in [-0.2, 0) is 6.42 Å². The highest BCUT2D eigenvalue weighted by Gasteiger charge is 2.33. The number of hydrogen-bond donors (Lipinski definition) is 1. The maximum Gasteiger partial charge on any atom is 0.261 e. The van der Waals surface area contributed by atoms with Crippen molar-refractivity contribution in [2.45, 2.75) is 6.42 Å². The van der Waals surface area contributed by atoms with Crippen LogP contribution < -0.4 is 5.32 Å². The predicted octanol–water partition coefficient (Wildman–Crippen LogP) is 2.54. The van der Waals surface area contributed by atoms with Crippen molar-refractivity contribution in [3.8, 4) is 0 Å². The Morgan fingerprint density at radius 2 is 1.83 bits per heavy atom. The molecule has 0 saturated carbocycles. The second-order valence-electron chi connectivity index (χ2n) is 5.57. The van der Waals surface area contributed by atoms with Crippen molar-refractivity contribution in [2.24, 2.45) is 0 Å². The molecule has 0 unspecified atom stereocenters. The fourth-order valence-electron chi connectivity index (χ4n) is 2.62. The standard InChI is InChI=1S/C18H15ClN2O3/c1-21-17(23)14-6-5-12(10-15(14)18(21)24)16(22)20-8-7-11-3-2-4-13(19)9-11/h2-6,9-10H,7-8H2,1H3,(H,20,22). The molecule has 1 heterocycles. The van der Waals surface area contributed by atoms with E-state index in [4.69, 9.17) is 11.6 Å². The Bertz CT molecular complexity index is 848. The maximum atomic E-state index is 12.2. The van der Waals surface area contributed by atoms with Gasteiger partial charge in [0.1, 0.15) is 0 Å². The van der Waals surface area contributed by atoms with Gasteiger partial charge in [-0.15, -0.1) is 0 Å². The van der Waals surface area contributed by atoms with Crippen LogP contribution in [0, 0.1) is 0 Å². The van der Waals surface area contributed by atoms with Gasteiger partial charge in [0.25, 0.3) is 17.7 Å². The third-order valence-electron chi connectivity index (χ3n) is 3.94. The normalized spacial score (nSPS) is 13.2. The largest absolute Gasteiger partial charge is 0.352 e. The van der Waals surface area contributed by atoms with Crippen molar-refractivity contribution in [3.63, 3.8) is 0 Å². The third-order valence-corrected chi connectivity index (χ3v) is 4.18. The Balaban J connectivity index is 1.66.